The van der Waals surface area contributed by atoms with Crippen molar-refractivity contribution in [3.05, 3.63) is 46.1 Å². The van der Waals surface area contributed by atoms with Gasteiger partial charge in [0, 0.05) is 5.56 Å². The summed E-state index contributed by atoms with van der Waals surface area (Å²) in [7, 11) is 0. The fraction of sp³-hybridized carbons (Fsp3) is 0.409. The summed E-state index contributed by atoms with van der Waals surface area (Å²) in [6.07, 6.45) is 1.08. The number of hydrogen-bond acceptors (Lipinski definition) is 6. The van der Waals surface area contributed by atoms with Gasteiger partial charge in [-0.25, -0.2) is 14.6 Å². The first-order valence-corrected chi connectivity index (χ1v) is 10.5. The van der Waals surface area contributed by atoms with Crippen LogP contribution < -0.4 is 14.8 Å². The lowest BCUT2D eigenvalue weighted by Gasteiger charge is -2.21. The Bertz CT molecular complexity index is 895. The Kier molecular flexibility index (Phi) is 8.23. The van der Waals surface area contributed by atoms with Crippen LogP contribution in [0, 0.1) is 6.92 Å². The van der Waals surface area contributed by atoms with E-state index in [1.807, 2.05) is 13.0 Å². The molecule has 1 aromatic carbocycles. The Morgan fingerprint density at radius 3 is 2.43 bits per heavy atom. The predicted molar refractivity (Wildman–Crippen MR) is 118 cm³/mol. The minimum atomic E-state index is -0.674. The number of carbonyl (C=O) groups excluding carboxylic acids is 2. The van der Waals surface area contributed by atoms with Crippen LogP contribution in [0.4, 0.5) is 10.6 Å². The second-order valence-electron chi connectivity index (χ2n) is 7.61. The van der Waals surface area contributed by atoms with Gasteiger partial charge in [-0.1, -0.05) is 31.5 Å². The number of rotatable bonds is 7. The minimum absolute atomic E-state index is 0.180. The summed E-state index contributed by atoms with van der Waals surface area (Å²) in [4.78, 5) is 29.6. The highest BCUT2D eigenvalue weighted by atomic mass is 79.9. The molecule has 0 spiro atoms. The molecule has 0 aliphatic carbocycles. The first-order chi connectivity index (χ1) is 14.1. The van der Waals surface area contributed by atoms with Gasteiger partial charge in [0.15, 0.2) is 10.4 Å². The Hall–Kier alpha value is -2.61. The Balaban J connectivity index is 2.41. The topological polar surface area (TPSA) is 86.8 Å². The summed E-state index contributed by atoms with van der Waals surface area (Å²) >= 11 is 3.35. The molecule has 0 unspecified atom stereocenters. The van der Waals surface area contributed by atoms with Crippen molar-refractivity contribution in [1.29, 1.82) is 0 Å². The maximum Gasteiger partial charge on any atom is 0.413 e. The molecule has 0 bridgehead atoms. The molecule has 30 heavy (non-hydrogen) atoms. The molecule has 1 amide bonds. The zero-order valence-corrected chi connectivity index (χ0v) is 19.5. The number of esters is 1. The lowest BCUT2D eigenvalue weighted by molar-refractivity contribution is 0.0632. The number of carbonyl (C=O) groups is 2. The molecule has 8 heteroatoms. The number of para-hydroxylation sites is 1. The lowest BCUT2D eigenvalue weighted by atomic mass is 10.1. The molecule has 2 aromatic rings. The molecule has 0 aliphatic rings. The van der Waals surface area contributed by atoms with E-state index in [2.05, 4.69) is 26.2 Å². The van der Waals surface area contributed by atoms with Gasteiger partial charge < -0.3 is 14.2 Å². The molecule has 0 saturated heterocycles. The van der Waals surface area contributed by atoms with Crippen molar-refractivity contribution >= 4 is 33.8 Å². The molecule has 162 valence electrons. The zero-order valence-electron chi connectivity index (χ0n) is 17.9. The monoisotopic (exact) mass is 478 g/mol. The molecule has 1 aromatic heterocycles. The number of unbranched alkanes of at least 4 members (excludes halogenated alkanes) is 1. The van der Waals surface area contributed by atoms with Crippen LogP contribution in [0.25, 0.3) is 0 Å². The quantitative estimate of drug-likeness (QED) is 0.230. The number of amides is 1. The van der Waals surface area contributed by atoms with Crippen LogP contribution in [-0.4, -0.2) is 29.3 Å². The highest BCUT2D eigenvalue weighted by molar-refractivity contribution is 9.10. The number of hydrogen-bond donors (Lipinski definition) is 1. The van der Waals surface area contributed by atoms with Crippen molar-refractivity contribution in [1.82, 2.24) is 4.98 Å². The SMILES string of the molecule is CCCCOc1c(Br)nc(NC(=O)OC(C)(C)C)c(C)c1C(=O)Oc1ccccc1. The third-order valence-electron chi connectivity index (χ3n) is 3.88. The highest BCUT2D eigenvalue weighted by Gasteiger charge is 2.26. The van der Waals surface area contributed by atoms with E-state index >= 15 is 0 Å². The molecular formula is C22H27BrN2O5. The molecule has 0 atom stereocenters. The summed E-state index contributed by atoms with van der Waals surface area (Å²) in [5.74, 6) is 0.243. The third-order valence-corrected chi connectivity index (χ3v) is 4.41. The zero-order chi connectivity index (χ0) is 22.3. The van der Waals surface area contributed by atoms with E-state index in [9.17, 15) is 9.59 Å². The van der Waals surface area contributed by atoms with Gasteiger partial charge in [-0.2, -0.15) is 0 Å². The van der Waals surface area contributed by atoms with E-state index < -0.39 is 17.7 Å². The van der Waals surface area contributed by atoms with Gasteiger partial charge in [0.25, 0.3) is 0 Å². The second-order valence-corrected chi connectivity index (χ2v) is 8.36. The number of nitrogens with one attached hydrogen (secondary N) is 1. The maximum absolute atomic E-state index is 13.0. The number of benzene rings is 1. The number of aromatic nitrogens is 1. The molecule has 1 heterocycles. The summed E-state index contributed by atoms with van der Waals surface area (Å²) in [5, 5.41) is 2.60. The number of ether oxygens (including phenoxy) is 3. The van der Waals surface area contributed by atoms with Crippen molar-refractivity contribution < 1.29 is 23.8 Å². The van der Waals surface area contributed by atoms with Crippen LogP contribution in [0.5, 0.6) is 11.5 Å². The normalized spacial score (nSPS) is 11.0. The van der Waals surface area contributed by atoms with Gasteiger partial charge in [-0.05, 0) is 62.2 Å². The molecule has 0 aliphatic heterocycles. The van der Waals surface area contributed by atoms with Gasteiger partial charge in [0.1, 0.15) is 22.7 Å². The van der Waals surface area contributed by atoms with Crippen molar-refractivity contribution in [3.63, 3.8) is 0 Å². The van der Waals surface area contributed by atoms with Crippen molar-refractivity contribution in [3.8, 4) is 11.5 Å². The van der Waals surface area contributed by atoms with Crippen LogP contribution in [-0.2, 0) is 4.74 Å². The standard InChI is InChI=1S/C22H27BrN2O5/c1-6-7-13-28-17-16(20(26)29-15-11-9-8-10-12-15)14(2)19(24-18(17)23)25-21(27)30-22(3,4)5/h8-12H,6-7,13H2,1-5H3,(H,24,25,27). The van der Waals surface area contributed by atoms with Crippen molar-refractivity contribution in [2.24, 2.45) is 0 Å². The van der Waals surface area contributed by atoms with Gasteiger partial charge in [0.2, 0.25) is 0 Å². The first kappa shape index (κ1) is 23.7. The van der Waals surface area contributed by atoms with Gasteiger partial charge >= 0.3 is 12.1 Å². The first-order valence-electron chi connectivity index (χ1n) is 9.72. The summed E-state index contributed by atoms with van der Waals surface area (Å²) in [5.41, 5.74) is -0.0765. The fourth-order valence-corrected chi connectivity index (χ4v) is 2.98. The summed E-state index contributed by atoms with van der Waals surface area (Å²) in [6.45, 7) is 9.41. The van der Waals surface area contributed by atoms with E-state index in [4.69, 9.17) is 14.2 Å². The van der Waals surface area contributed by atoms with E-state index in [1.54, 1.807) is 52.0 Å². The van der Waals surface area contributed by atoms with E-state index in [0.717, 1.165) is 12.8 Å². The number of halogens is 1. The van der Waals surface area contributed by atoms with Gasteiger partial charge in [-0.15, -0.1) is 0 Å². The summed E-state index contributed by atoms with van der Waals surface area (Å²) < 4.78 is 16.9. The number of anilines is 1. The molecule has 0 radical (unpaired) electrons. The van der Waals surface area contributed by atoms with E-state index in [1.165, 1.54) is 0 Å². The average molecular weight is 479 g/mol. The van der Waals surface area contributed by atoms with Crippen molar-refractivity contribution in [2.75, 3.05) is 11.9 Å². The van der Waals surface area contributed by atoms with Crippen molar-refractivity contribution in [2.45, 2.75) is 53.1 Å². The molecule has 1 N–H and O–H groups in total. The van der Waals surface area contributed by atoms with Crippen LogP contribution in [0.1, 0.15) is 56.5 Å². The van der Waals surface area contributed by atoms with E-state index in [-0.39, 0.29) is 21.7 Å². The minimum Gasteiger partial charge on any atom is -0.490 e. The maximum atomic E-state index is 13.0. The highest BCUT2D eigenvalue weighted by Crippen LogP contribution is 2.35. The van der Waals surface area contributed by atoms with Crippen LogP contribution in [0.2, 0.25) is 0 Å². The largest absolute Gasteiger partial charge is 0.490 e. The van der Waals surface area contributed by atoms with Crippen LogP contribution in [0.15, 0.2) is 34.9 Å². The lowest BCUT2D eigenvalue weighted by Crippen LogP contribution is -2.28. The van der Waals surface area contributed by atoms with E-state index in [0.29, 0.717) is 17.9 Å². The fourth-order valence-electron chi connectivity index (χ4n) is 2.49. The number of pyridine rings is 1. The molecule has 2 rings (SSSR count). The third kappa shape index (κ3) is 6.73. The number of nitrogens with zero attached hydrogens (tertiary/aromatic N) is 1. The summed E-state index contributed by atoms with van der Waals surface area (Å²) in [6, 6.07) is 8.73. The Morgan fingerprint density at radius 2 is 1.83 bits per heavy atom. The smallest absolute Gasteiger partial charge is 0.413 e. The predicted octanol–water partition coefficient (Wildman–Crippen LogP) is 5.90. The molecular weight excluding hydrogens is 452 g/mol. The molecule has 0 fully saturated rings. The van der Waals surface area contributed by atoms with Crippen LogP contribution in [0.3, 0.4) is 0 Å². The average Bonchev–Trinajstić information content (AvgIpc) is 2.64. The Labute approximate surface area is 185 Å². The Morgan fingerprint density at radius 1 is 1.17 bits per heavy atom. The van der Waals surface area contributed by atoms with Crippen LogP contribution >= 0.6 is 15.9 Å². The molecule has 0 saturated carbocycles. The van der Waals surface area contributed by atoms with Gasteiger partial charge in [0.05, 0.1) is 6.61 Å². The molecule has 7 nitrogen and oxygen atoms in total. The van der Waals surface area contributed by atoms with Gasteiger partial charge in [-0.3, -0.25) is 5.32 Å². The second kappa shape index (κ2) is 10.4.